The van der Waals surface area contributed by atoms with E-state index in [0.717, 1.165) is 12.8 Å². The average Bonchev–Trinajstić information content (AvgIpc) is 3.49. The Hall–Kier alpha value is -5.16. The van der Waals surface area contributed by atoms with Crippen LogP contribution in [0.5, 0.6) is 23.0 Å². The van der Waals surface area contributed by atoms with Crippen LogP contribution in [0.25, 0.3) is 10.8 Å². The van der Waals surface area contributed by atoms with Gasteiger partial charge in [0.25, 0.3) is 11.7 Å². The molecule has 4 aliphatic rings. The van der Waals surface area contributed by atoms with Gasteiger partial charge in [-0.2, -0.15) is 5.10 Å². The zero-order chi connectivity index (χ0) is 45.2. The van der Waals surface area contributed by atoms with Crippen molar-refractivity contribution in [1.82, 2.24) is 9.91 Å². The van der Waals surface area contributed by atoms with Crippen molar-refractivity contribution >= 4 is 40.3 Å². The summed E-state index contributed by atoms with van der Waals surface area (Å²) >= 11 is 0. The Bertz CT molecular complexity index is 2120. The second-order valence-electron chi connectivity index (χ2n) is 17.0. The van der Waals surface area contributed by atoms with Gasteiger partial charge in [-0.15, -0.1) is 0 Å². The van der Waals surface area contributed by atoms with E-state index in [4.69, 9.17) is 18.9 Å². The number of hydrazone groups is 1. The molecular weight excluding hydrogens is 789 g/mol. The molecule has 334 valence electrons. The zero-order valence-electron chi connectivity index (χ0n) is 36.9. The molecule has 9 atom stereocenters. The third-order valence-corrected chi connectivity index (χ3v) is 12.6. The number of Topliss-reactive ketones (excluding diaryl/α,β-unsaturated/α-hetero) is 1. The number of hydrogen-bond acceptors (Lipinski definition) is 15. The smallest absolute Gasteiger partial charge is 0.312 e. The average molecular weight is 851 g/mol. The molecule has 0 radical (unpaired) electrons. The van der Waals surface area contributed by atoms with Gasteiger partial charge >= 0.3 is 11.8 Å². The molecule has 0 aliphatic carbocycles. The number of methoxy groups -OCH3 is 1. The van der Waals surface area contributed by atoms with Crippen LogP contribution in [-0.4, -0.2) is 130 Å². The number of esters is 1. The number of allylic oxidation sites excluding steroid dienone is 2. The number of aliphatic hydroxyl groups excluding tert-OH is 2. The standard InChI is InChI=1S/C45H62N4O12/c1-22-13-12-14-23(2)44(57)47-35-30(21-46-49-18-15-29(16-19-49)48(9)10)39(54)32-33(40(35)55)38(53)27(6)42-34(32)43(56)45(8,61-42)59-20-17-31(58-11)24(3)41(60-28(7)50)26(5)37(52)25(4)36(22)51/h12-14,17,20-22,24-26,29,31,36-37,41,51-55H,15-16,18-19H2,1-11H3,(H,47,57)/b13-12+,20-17+,23-14+,46-21+. The van der Waals surface area contributed by atoms with Gasteiger partial charge < -0.3 is 54.7 Å². The number of phenols is 3. The van der Waals surface area contributed by atoms with Crippen molar-refractivity contribution < 1.29 is 58.9 Å². The number of fused-ring (bicyclic) bond motifs is 14. The van der Waals surface area contributed by atoms with E-state index in [1.807, 2.05) is 19.1 Å². The Morgan fingerprint density at radius 1 is 0.967 bits per heavy atom. The van der Waals surface area contributed by atoms with E-state index in [1.54, 1.807) is 39.8 Å². The molecule has 5 bridgehead atoms. The van der Waals surface area contributed by atoms with Crippen LogP contribution in [0.3, 0.4) is 0 Å². The van der Waals surface area contributed by atoms with Gasteiger partial charge in [-0.1, -0.05) is 45.9 Å². The lowest BCUT2D eigenvalue weighted by atomic mass is 9.78. The number of nitrogens with zero attached hydrogens (tertiary/aromatic N) is 3. The first kappa shape index (κ1) is 46.9. The number of anilines is 1. The minimum Gasteiger partial charge on any atom is -0.507 e. The summed E-state index contributed by atoms with van der Waals surface area (Å²) in [6.07, 6.45) is 6.54. The number of piperidine rings is 1. The first-order valence-corrected chi connectivity index (χ1v) is 20.7. The van der Waals surface area contributed by atoms with E-state index >= 15 is 0 Å². The molecule has 16 heteroatoms. The molecule has 9 unspecified atom stereocenters. The third kappa shape index (κ3) is 9.37. The van der Waals surface area contributed by atoms with E-state index in [1.165, 1.54) is 59.4 Å². The fourth-order valence-electron chi connectivity index (χ4n) is 8.50. The minimum atomic E-state index is -2.05. The van der Waals surface area contributed by atoms with Crippen molar-refractivity contribution in [2.75, 3.05) is 39.6 Å². The number of phenolic OH excluding ortho intramolecular Hbond substituents is 3. The highest BCUT2D eigenvalue weighted by Crippen LogP contribution is 2.55. The topological polar surface area (TPSA) is 220 Å². The first-order chi connectivity index (χ1) is 28.6. The highest BCUT2D eigenvalue weighted by atomic mass is 16.7. The van der Waals surface area contributed by atoms with Crippen LogP contribution in [0.2, 0.25) is 0 Å². The molecule has 0 spiro atoms. The predicted molar refractivity (Wildman–Crippen MR) is 230 cm³/mol. The number of amides is 1. The highest BCUT2D eigenvalue weighted by molar-refractivity contribution is 6.23. The lowest BCUT2D eigenvalue weighted by Crippen LogP contribution is -2.46. The largest absolute Gasteiger partial charge is 0.507 e. The monoisotopic (exact) mass is 850 g/mol. The zero-order valence-corrected chi connectivity index (χ0v) is 36.9. The van der Waals surface area contributed by atoms with Crippen molar-refractivity contribution in [3.05, 3.63) is 52.8 Å². The van der Waals surface area contributed by atoms with Crippen LogP contribution in [0.15, 0.2) is 41.2 Å². The van der Waals surface area contributed by atoms with Crippen molar-refractivity contribution in [2.45, 2.75) is 104 Å². The summed E-state index contributed by atoms with van der Waals surface area (Å²) in [6, 6.07) is 0.359. The number of benzene rings is 2. The van der Waals surface area contributed by atoms with Crippen LogP contribution >= 0.6 is 0 Å². The number of aliphatic hydroxyl groups is 2. The van der Waals surface area contributed by atoms with Gasteiger partial charge in [0.2, 0.25) is 0 Å². The van der Waals surface area contributed by atoms with Crippen LogP contribution in [0.1, 0.15) is 82.8 Å². The van der Waals surface area contributed by atoms with Crippen molar-refractivity contribution in [3.63, 3.8) is 0 Å². The quantitative estimate of drug-likeness (QED) is 0.0997. The summed E-state index contributed by atoms with van der Waals surface area (Å²) in [4.78, 5) is 42.8. The Morgan fingerprint density at radius 3 is 2.23 bits per heavy atom. The molecule has 2 aromatic rings. The number of carbonyl (C=O) groups excluding carboxylic acids is 3. The second kappa shape index (κ2) is 18.8. The molecule has 4 aliphatic heterocycles. The molecular formula is C45H62N4O12. The second-order valence-corrected chi connectivity index (χ2v) is 17.0. The Balaban J connectivity index is 1.69. The number of rotatable bonds is 5. The van der Waals surface area contributed by atoms with Crippen LogP contribution in [0, 0.1) is 30.6 Å². The first-order valence-electron chi connectivity index (χ1n) is 20.7. The molecule has 6 rings (SSSR count). The molecule has 1 saturated heterocycles. The molecule has 61 heavy (non-hydrogen) atoms. The number of nitrogens with one attached hydrogen (secondary N) is 1. The number of ether oxygens (including phenoxy) is 4. The maximum Gasteiger partial charge on any atom is 0.312 e. The maximum atomic E-state index is 14.5. The summed E-state index contributed by atoms with van der Waals surface area (Å²) in [5.74, 6) is -8.34. The van der Waals surface area contributed by atoms with Gasteiger partial charge in [0.05, 0.1) is 53.0 Å². The van der Waals surface area contributed by atoms with Crippen molar-refractivity contribution in [2.24, 2.45) is 28.8 Å². The molecule has 16 nitrogen and oxygen atoms in total. The summed E-state index contributed by atoms with van der Waals surface area (Å²) in [7, 11) is 5.47. The van der Waals surface area contributed by atoms with Gasteiger partial charge in [-0.25, -0.2) is 0 Å². The third-order valence-electron chi connectivity index (χ3n) is 12.6. The van der Waals surface area contributed by atoms with E-state index in [9.17, 15) is 39.9 Å². The number of aromatic hydroxyl groups is 3. The minimum absolute atomic E-state index is 0.0572. The fourth-order valence-corrected chi connectivity index (χ4v) is 8.50. The maximum absolute atomic E-state index is 14.5. The number of carbonyl (C=O) groups is 3. The Labute approximate surface area is 357 Å². The summed E-state index contributed by atoms with van der Waals surface area (Å²) in [6.45, 7) is 13.7. The van der Waals surface area contributed by atoms with E-state index in [2.05, 4.69) is 15.3 Å². The highest BCUT2D eigenvalue weighted by Gasteiger charge is 2.50. The summed E-state index contributed by atoms with van der Waals surface area (Å²) in [5.41, 5.74) is -0.336. The molecule has 1 fully saturated rings. The summed E-state index contributed by atoms with van der Waals surface area (Å²) < 4.78 is 23.7. The molecule has 0 aromatic heterocycles. The Morgan fingerprint density at radius 2 is 1.62 bits per heavy atom. The molecule has 0 saturated carbocycles. The van der Waals surface area contributed by atoms with Gasteiger partial charge in [0, 0.05) is 80.3 Å². The van der Waals surface area contributed by atoms with Crippen LogP contribution in [-0.2, 0) is 23.8 Å². The summed E-state index contributed by atoms with van der Waals surface area (Å²) in [5, 5.41) is 67.2. The van der Waals surface area contributed by atoms with Gasteiger partial charge in [-0.05, 0) is 46.9 Å². The number of ketones is 1. The van der Waals surface area contributed by atoms with Crippen molar-refractivity contribution in [3.8, 4) is 23.0 Å². The molecule has 4 heterocycles. The van der Waals surface area contributed by atoms with E-state index < -0.39 is 88.8 Å². The lowest BCUT2D eigenvalue weighted by molar-refractivity contribution is -0.160. The molecule has 1 amide bonds. The van der Waals surface area contributed by atoms with E-state index in [0.29, 0.717) is 19.1 Å². The van der Waals surface area contributed by atoms with Crippen molar-refractivity contribution in [1.29, 1.82) is 0 Å². The van der Waals surface area contributed by atoms with Crippen LogP contribution in [0.4, 0.5) is 5.69 Å². The number of hydrogen-bond donors (Lipinski definition) is 6. The lowest BCUT2D eigenvalue weighted by Gasteiger charge is -2.38. The van der Waals surface area contributed by atoms with E-state index in [-0.39, 0.29) is 44.5 Å². The van der Waals surface area contributed by atoms with Gasteiger partial charge in [-0.3, -0.25) is 19.4 Å². The SMILES string of the molecule is COC1/C=C/OC2(C)Oc3c(C)c(O)c4c(O)c(c(/C=N/N5CCC(N(C)C)CC5)c(O)c4c3C2=O)NC(=O)/C(C)=C/C=C/C(C)C(O)C(C)C(O)C(C)C(OC(C)=O)C1C. The Kier molecular flexibility index (Phi) is 14.5. The normalized spacial score (nSPS) is 31.5. The molecule has 2 aromatic carbocycles. The van der Waals surface area contributed by atoms with Gasteiger partial charge in [0.1, 0.15) is 23.4 Å². The molecule has 6 N–H and O–H groups in total. The fraction of sp³-hybridized carbons (Fsp3) is 0.556. The predicted octanol–water partition coefficient (Wildman–Crippen LogP) is 5.11. The van der Waals surface area contributed by atoms with Gasteiger partial charge in [0.15, 0.2) is 5.75 Å². The van der Waals surface area contributed by atoms with Crippen LogP contribution < -0.4 is 10.1 Å².